The summed E-state index contributed by atoms with van der Waals surface area (Å²) in [5.41, 5.74) is 2.84. The minimum Gasteiger partial charge on any atom is -0.368 e. The molecule has 7 nitrogen and oxygen atoms in total. The zero-order chi connectivity index (χ0) is 25.4. The average Bonchev–Trinajstić information content (AvgIpc) is 3.13. The van der Waals surface area contributed by atoms with Gasteiger partial charge in [0.15, 0.2) is 5.83 Å². The number of likely N-dealkylation sites (tertiary alicyclic amines) is 2. The highest BCUT2D eigenvalue weighted by Crippen LogP contribution is 2.44. The topological polar surface area (TPSA) is 57.5 Å². The van der Waals surface area contributed by atoms with E-state index in [2.05, 4.69) is 28.4 Å². The van der Waals surface area contributed by atoms with E-state index in [9.17, 15) is 22.4 Å². The number of alkyl halides is 3. The number of amides is 1. The number of benzene rings is 1. The molecule has 3 saturated heterocycles. The van der Waals surface area contributed by atoms with Crippen LogP contribution in [0.2, 0.25) is 0 Å². The van der Waals surface area contributed by atoms with Gasteiger partial charge in [0.25, 0.3) is 5.91 Å². The van der Waals surface area contributed by atoms with Crippen molar-refractivity contribution in [1.82, 2.24) is 24.6 Å². The van der Waals surface area contributed by atoms with Gasteiger partial charge in [0.1, 0.15) is 16.7 Å². The Kier molecular flexibility index (Phi) is 4.95. The molecule has 3 fully saturated rings. The second-order valence-corrected chi connectivity index (χ2v) is 10.2. The van der Waals surface area contributed by atoms with Crippen molar-refractivity contribution in [2.45, 2.75) is 12.2 Å². The van der Waals surface area contributed by atoms with E-state index in [0.29, 0.717) is 16.8 Å². The Morgan fingerprint density at radius 3 is 2.33 bits per heavy atom. The molecule has 36 heavy (non-hydrogen) atoms. The van der Waals surface area contributed by atoms with E-state index in [1.165, 1.54) is 17.0 Å². The summed E-state index contributed by atoms with van der Waals surface area (Å²) >= 11 is 0. The van der Waals surface area contributed by atoms with Gasteiger partial charge in [0.2, 0.25) is 0 Å². The monoisotopic (exact) mass is 500 g/mol. The third kappa shape index (κ3) is 3.56. The second kappa shape index (κ2) is 7.76. The standard InChI is InChI=1S/C25H24F4N6O/c1-15(26)23(36)33-9-18(10-33)35-22-19(34-13-24(14-34)11-32(2)12-24)7-8-30-21(22)20(31-35)16-3-5-17(6-4-16)25(27,28)29/h3-8,18H,1,9-14H2,2H3. The molecule has 0 atom stereocenters. The maximum atomic E-state index is 13.3. The molecule has 11 heteroatoms. The number of halogens is 4. The van der Waals surface area contributed by atoms with Gasteiger partial charge >= 0.3 is 6.18 Å². The molecule has 1 amide bonds. The molecule has 0 unspecified atom stereocenters. The number of hydrogen-bond donors (Lipinski definition) is 0. The van der Waals surface area contributed by atoms with Crippen LogP contribution in [0, 0.1) is 5.41 Å². The highest BCUT2D eigenvalue weighted by molar-refractivity contribution is 5.98. The summed E-state index contributed by atoms with van der Waals surface area (Å²) in [6.45, 7) is 7.48. The maximum absolute atomic E-state index is 13.3. The van der Waals surface area contributed by atoms with Crippen LogP contribution in [0.3, 0.4) is 0 Å². The van der Waals surface area contributed by atoms with Crippen LogP contribution in [0.25, 0.3) is 22.3 Å². The molecule has 0 bridgehead atoms. The number of anilines is 1. The Morgan fingerprint density at radius 1 is 1.08 bits per heavy atom. The van der Waals surface area contributed by atoms with E-state index in [-0.39, 0.29) is 24.5 Å². The van der Waals surface area contributed by atoms with Crippen LogP contribution in [0.4, 0.5) is 23.2 Å². The van der Waals surface area contributed by atoms with E-state index in [1.807, 2.05) is 6.07 Å². The Balaban J connectivity index is 1.39. The van der Waals surface area contributed by atoms with Crippen molar-refractivity contribution < 1.29 is 22.4 Å². The van der Waals surface area contributed by atoms with Crippen molar-refractivity contribution >= 4 is 22.6 Å². The third-order valence-electron chi connectivity index (χ3n) is 7.38. The predicted octanol–water partition coefficient (Wildman–Crippen LogP) is 3.74. The first-order valence-corrected chi connectivity index (χ1v) is 11.7. The van der Waals surface area contributed by atoms with Crippen LogP contribution in [-0.2, 0) is 11.0 Å². The lowest BCUT2D eigenvalue weighted by Gasteiger charge is -2.60. The summed E-state index contributed by atoms with van der Waals surface area (Å²) in [4.78, 5) is 22.5. The number of nitrogens with zero attached hydrogens (tertiary/aromatic N) is 6. The predicted molar refractivity (Wildman–Crippen MR) is 126 cm³/mol. The Labute approximate surface area is 204 Å². The van der Waals surface area contributed by atoms with Crippen LogP contribution in [0.1, 0.15) is 11.6 Å². The molecular formula is C25H24F4N6O. The second-order valence-electron chi connectivity index (χ2n) is 10.2. The quantitative estimate of drug-likeness (QED) is 0.404. The van der Waals surface area contributed by atoms with E-state index in [1.54, 1.807) is 10.9 Å². The number of fused-ring (bicyclic) bond motifs is 1. The van der Waals surface area contributed by atoms with Gasteiger partial charge in [0.05, 0.1) is 17.3 Å². The van der Waals surface area contributed by atoms with E-state index in [4.69, 9.17) is 5.10 Å². The molecule has 0 N–H and O–H groups in total. The van der Waals surface area contributed by atoms with Crippen molar-refractivity contribution in [3.63, 3.8) is 0 Å². The van der Waals surface area contributed by atoms with Crippen molar-refractivity contribution in [2.75, 3.05) is 51.2 Å². The van der Waals surface area contributed by atoms with E-state index < -0.39 is 23.5 Å². The summed E-state index contributed by atoms with van der Waals surface area (Å²) in [6, 6.07) is 6.58. The summed E-state index contributed by atoms with van der Waals surface area (Å²) in [7, 11) is 2.10. The lowest BCUT2D eigenvalue weighted by molar-refractivity contribution is -0.137. The first-order chi connectivity index (χ1) is 17.0. The SMILES string of the molecule is C=C(F)C(=O)N1CC(n2nc(-c3ccc(C(F)(F)F)cc3)c3nccc(N4CC5(CN(C)C5)C4)c32)C1. The molecule has 2 aromatic heterocycles. The van der Waals surface area contributed by atoms with Gasteiger partial charge in [0, 0.05) is 56.4 Å². The highest BCUT2D eigenvalue weighted by atomic mass is 19.4. The summed E-state index contributed by atoms with van der Waals surface area (Å²) < 4.78 is 54.4. The number of aromatic nitrogens is 3. The van der Waals surface area contributed by atoms with Crippen LogP contribution in [-0.4, -0.2) is 76.8 Å². The number of pyridine rings is 1. The van der Waals surface area contributed by atoms with E-state index in [0.717, 1.165) is 49.5 Å². The fraction of sp³-hybridized carbons (Fsp3) is 0.400. The zero-order valence-corrected chi connectivity index (χ0v) is 19.6. The van der Waals surface area contributed by atoms with Crippen LogP contribution < -0.4 is 4.90 Å². The average molecular weight is 501 g/mol. The third-order valence-corrected chi connectivity index (χ3v) is 7.38. The van der Waals surface area contributed by atoms with Crippen molar-refractivity contribution in [1.29, 1.82) is 0 Å². The molecule has 3 aromatic rings. The molecule has 0 aliphatic carbocycles. The number of rotatable bonds is 4. The van der Waals surface area contributed by atoms with Gasteiger partial charge in [-0.15, -0.1) is 0 Å². The van der Waals surface area contributed by atoms with Gasteiger partial charge in [-0.2, -0.15) is 18.3 Å². The van der Waals surface area contributed by atoms with Gasteiger partial charge in [-0.05, 0) is 25.2 Å². The fourth-order valence-corrected chi connectivity index (χ4v) is 5.76. The van der Waals surface area contributed by atoms with Gasteiger partial charge < -0.3 is 14.7 Å². The van der Waals surface area contributed by atoms with Crippen molar-refractivity contribution in [3.8, 4) is 11.3 Å². The Hall–Kier alpha value is -3.47. The smallest absolute Gasteiger partial charge is 0.368 e. The highest BCUT2D eigenvalue weighted by Gasteiger charge is 2.51. The first-order valence-electron chi connectivity index (χ1n) is 11.7. The molecule has 1 aromatic carbocycles. The molecule has 1 spiro atoms. The minimum atomic E-state index is -4.43. The molecular weight excluding hydrogens is 476 g/mol. The molecule has 0 saturated carbocycles. The maximum Gasteiger partial charge on any atom is 0.416 e. The van der Waals surface area contributed by atoms with Crippen molar-refractivity contribution in [2.24, 2.45) is 5.41 Å². The first kappa shape index (κ1) is 23.0. The molecule has 188 valence electrons. The summed E-state index contributed by atoms with van der Waals surface area (Å²) in [5, 5.41) is 4.78. The fourth-order valence-electron chi connectivity index (χ4n) is 5.76. The molecule has 3 aliphatic rings. The van der Waals surface area contributed by atoms with Crippen LogP contribution in [0.5, 0.6) is 0 Å². The number of hydrogen-bond acceptors (Lipinski definition) is 5. The van der Waals surface area contributed by atoms with Gasteiger partial charge in [-0.1, -0.05) is 18.7 Å². The number of carbonyl (C=O) groups is 1. The minimum absolute atomic E-state index is 0.216. The zero-order valence-electron chi connectivity index (χ0n) is 19.6. The lowest BCUT2D eigenvalue weighted by Crippen LogP contribution is -2.71. The van der Waals surface area contributed by atoms with Gasteiger partial charge in [-0.25, -0.2) is 4.39 Å². The Morgan fingerprint density at radius 2 is 1.75 bits per heavy atom. The molecule has 6 rings (SSSR count). The van der Waals surface area contributed by atoms with Crippen molar-refractivity contribution in [3.05, 3.63) is 54.5 Å². The van der Waals surface area contributed by atoms with Crippen LogP contribution in [0.15, 0.2) is 48.9 Å². The number of carbonyl (C=O) groups excluding carboxylic acids is 1. The normalized spacial score (nSPS) is 19.8. The molecule has 0 radical (unpaired) electrons. The summed E-state index contributed by atoms with van der Waals surface area (Å²) in [6.07, 6.45) is -2.74. The Bertz CT molecular complexity index is 1360. The molecule has 3 aliphatic heterocycles. The van der Waals surface area contributed by atoms with E-state index >= 15 is 0 Å². The molecule has 5 heterocycles. The van der Waals surface area contributed by atoms with Crippen LogP contribution >= 0.6 is 0 Å². The largest absolute Gasteiger partial charge is 0.416 e. The lowest BCUT2D eigenvalue weighted by atomic mass is 9.73. The van der Waals surface area contributed by atoms with Gasteiger partial charge in [-0.3, -0.25) is 14.5 Å². The summed E-state index contributed by atoms with van der Waals surface area (Å²) in [5.74, 6) is -1.76.